The lowest BCUT2D eigenvalue weighted by Gasteiger charge is -2.31. The molecule has 1 N–H and O–H groups in total. The van der Waals surface area contributed by atoms with E-state index in [1.165, 1.54) is 4.90 Å². The summed E-state index contributed by atoms with van der Waals surface area (Å²) >= 11 is 0. The van der Waals surface area contributed by atoms with E-state index in [4.69, 9.17) is 14.6 Å². The lowest BCUT2D eigenvalue weighted by atomic mass is 10.2. The maximum atomic E-state index is 11.9. The van der Waals surface area contributed by atoms with Crippen molar-refractivity contribution in [3.8, 4) is 0 Å². The van der Waals surface area contributed by atoms with Crippen molar-refractivity contribution in [3.63, 3.8) is 0 Å². The number of aliphatic carboxylic acids is 1. The van der Waals surface area contributed by atoms with E-state index in [1.807, 2.05) is 30.3 Å². The highest BCUT2D eigenvalue weighted by atomic mass is 16.6. The summed E-state index contributed by atoms with van der Waals surface area (Å²) in [6.07, 6.45) is -0.625. The molecule has 1 aromatic carbocycles. The standard InChI is InChI=1S/C13H15NO5/c15-12(16)11-9-18-7-6-14(11)13(17)19-8-10-4-2-1-3-5-10/h1-5,11H,6-9H2,(H,15,16)/t11-/m0/s1. The molecule has 0 saturated carbocycles. The van der Waals surface area contributed by atoms with Gasteiger partial charge in [-0.15, -0.1) is 0 Å². The molecule has 1 amide bonds. The Morgan fingerprint density at radius 2 is 2.11 bits per heavy atom. The second-order valence-corrected chi connectivity index (χ2v) is 4.16. The van der Waals surface area contributed by atoms with Gasteiger partial charge in [0.25, 0.3) is 0 Å². The van der Waals surface area contributed by atoms with Crippen LogP contribution >= 0.6 is 0 Å². The van der Waals surface area contributed by atoms with E-state index in [-0.39, 0.29) is 19.8 Å². The van der Waals surface area contributed by atoms with E-state index in [1.54, 1.807) is 0 Å². The first-order chi connectivity index (χ1) is 9.18. The van der Waals surface area contributed by atoms with Gasteiger partial charge in [-0.05, 0) is 5.56 Å². The molecule has 0 spiro atoms. The third-order valence-corrected chi connectivity index (χ3v) is 2.85. The van der Waals surface area contributed by atoms with Gasteiger partial charge in [-0.1, -0.05) is 30.3 Å². The zero-order valence-corrected chi connectivity index (χ0v) is 10.3. The second kappa shape index (κ2) is 6.19. The van der Waals surface area contributed by atoms with Crippen LogP contribution in [0.25, 0.3) is 0 Å². The number of carbonyl (C=O) groups is 2. The Kier molecular flexibility index (Phi) is 4.35. The summed E-state index contributed by atoms with van der Waals surface area (Å²) in [5, 5.41) is 9.01. The van der Waals surface area contributed by atoms with Crippen LogP contribution in [0.2, 0.25) is 0 Å². The second-order valence-electron chi connectivity index (χ2n) is 4.16. The van der Waals surface area contributed by atoms with Gasteiger partial charge in [0.15, 0.2) is 6.04 Å². The van der Waals surface area contributed by atoms with Crippen molar-refractivity contribution in [1.82, 2.24) is 4.90 Å². The summed E-state index contributed by atoms with van der Waals surface area (Å²) in [6.45, 7) is 0.675. The molecule has 19 heavy (non-hydrogen) atoms. The van der Waals surface area contributed by atoms with Gasteiger partial charge in [0.2, 0.25) is 0 Å². The smallest absolute Gasteiger partial charge is 0.411 e. The van der Waals surface area contributed by atoms with E-state index in [0.29, 0.717) is 6.61 Å². The molecule has 1 fully saturated rings. The molecule has 1 atom stereocenters. The molecule has 0 bridgehead atoms. The third-order valence-electron chi connectivity index (χ3n) is 2.85. The largest absolute Gasteiger partial charge is 0.480 e. The van der Waals surface area contributed by atoms with E-state index in [9.17, 15) is 9.59 Å². The van der Waals surface area contributed by atoms with Gasteiger partial charge in [0, 0.05) is 6.54 Å². The Bertz CT molecular complexity index is 448. The van der Waals surface area contributed by atoms with Gasteiger partial charge >= 0.3 is 12.1 Å². The maximum Gasteiger partial charge on any atom is 0.411 e. The molecule has 2 rings (SSSR count). The quantitative estimate of drug-likeness (QED) is 0.886. The zero-order chi connectivity index (χ0) is 13.7. The molecule has 1 saturated heterocycles. The number of hydrogen-bond acceptors (Lipinski definition) is 4. The monoisotopic (exact) mass is 265 g/mol. The fourth-order valence-electron chi connectivity index (χ4n) is 1.83. The summed E-state index contributed by atoms with van der Waals surface area (Å²) in [5.74, 6) is -1.09. The van der Waals surface area contributed by atoms with Crippen molar-refractivity contribution >= 4 is 12.1 Å². The minimum atomic E-state index is -1.09. The zero-order valence-electron chi connectivity index (χ0n) is 10.3. The Morgan fingerprint density at radius 3 is 2.79 bits per heavy atom. The molecule has 1 aromatic rings. The van der Waals surface area contributed by atoms with Crippen molar-refractivity contribution < 1.29 is 24.2 Å². The van der Waals surface area contributed by atoms with Crippen molar-refractivity contribution in [2.45, 2.75) is 12.6 Å². The molecule has 6 heteroatoms. The van der Waals surface area contributed by atoms with Gasteiger partial charge in [0.05, 0.1) is 13.2 Å². The summed E-state index contributed by atoms with van der Waals surface area (Å²) in [7, 11) is 0. The molecule has 102 valence electrons. The lowest BCUT2D eigenvalue weighted by molar-refractivity contribution is -0.148. The first-order valence-electron chi connectivity index (χ1n) is 5.96. The van der Waals surface area contributed by atoms with Gasteiger partial charge in [-0.25, -0.2) is 9.59 Å². The molecule has 1 heterocycles. The normalized spacial score (nSPS) is 18.9. The van der Waals surface area contributed by atoms with Crippen molar-refractivity contribution in [3.05, 3.63) is 35.9 Å². The van der Waals surface area contributed by atoms with Crippen molar-refractivity contribution in [1.29, 1.82) is 0 Å². The average molecular weight is 265 g/mol. The fourth-order valence-corrected chi connectivity index (χ4v) is 1.83. The van der Waals surface area contributed by atoms with Crippen LogP contribution in [0.15, 0.2) is 30.3 Å². The van der Waals surface area contributed by atoms with Crippen molar-refractivity contribution in [2.24, 2.45) is 0 Å². The number of nitrogens with zero attached hydrogens (tertiary/aromatic N) is 1. The molecule has 0 unspecified atom stereocenters. The SMILES string of the molecule is O=C(O)[C@@H]1COCCN1C(=O)OCc1ccccc1. The lowest BCUT2D eigenvalue weighted by Crippen LogP contribution is -2.52. The summed E-state index contributed by atoms with van der Waals surface area (Å²) < 4.78 is 10.2. The van der Waals surface area contributed by atoms with Gasteiger partial charge in [-0.2, -0.15) is 0 Å². The predicted octanol–water partition coefficient (Wildman–Crippen LogP) is 1.11. The minimum absolute atomic E-state index is 0.00420. The van der Waals surface area contributed by atoms with Gasteiger partial charge in [0.1, 0.15) is 6.61 Å². The number of benzene rings is 1. The van der Waals surface area contributed by atoms with E-state index in [0.717, 1.165) is 5.56 Å². The van der Waals surface area contributed by atoms with Gasteiger partial charge in [-0.3, -0.25) is 4.90 Å². The van der Waals surface area contributed by atoms with E-state index < -0.39 is 18.1 Å². The predicted molar refractivity (Wildman–Crippen MR) is 65.6 cm³/mol. The molecule has 0 aliphatic carbocycles. The van der Waals surface area contributed by atoms with E-state index in [2.05, 4.69) is 0 Å². The van der Waals surface area contributed by atoms with Crippen LogP contribution in [0.5, 0.6) is 0 Å². The van der Waals surface area contributed by atoms with Crippen LogP contribution in [0, 0.1) is 0 Å². The first kappa shape index (κ1) is 13.4. The highest BCUT2D eigenvalue weighted by Gasteiger charge is 2.33. The van der Waals surface area contributed by atoms with Gasteiger partial charge < -0.3 is 14.6 Å². The minimum Gasteiger partial charge on any atom is -0.480 e. The first-order valence-corrected chi connectivity index (χ1v) is 5.96. The maximum absolute atomic E-state index is 11.9. The fraction of sp³-hybridized carbons (Fsp3) is 0.385. The van der Waals surface area contributed by atoms with Crippen LogP contribution in [0.1, 0.15) is 5.56 Å². The number of carbonyl (C=O) groups excluding carboxylic acids is 1. The highest BCUT2D eigenvalue weighted by Crippen LogP contribution is 2.10. The number of carboxylic acid groups (broad SMARTS) is 1. The Labute approximate surface area is 110 Å². The third kappa shape index (κ3) is 3.45. The number of hydrogen-bond donors (Lipinski definition) is 1. The summed E-state index contributed by atoms with van der Waals surface area (Å²) in [4.78, 5) is 24.1. The summed E-state index contributed by atoms with van der Waals surface area (Å²) in [6, 6.07) is 8.25. The number of rotatable bonds is 3. The molecule has 6 nitrogen and oxygen atoms in total. The summed E-state index contributed by atoms with van der Waals surface area (Å²) in [5.41, 5.74) is 0.857. The molecule has 0 aromatic heterocycles. The number of carboxylic acids is 1. The number of ether oxygens (including phenoxy) is 2. The number of morpholine rings is 1. The molecular weight excluding hydrogens is 250 g/mol. The molecular formula is C13H15NO5. The van der Waals surface area contributed by atoms with E-state index >= 15 is 0 Å². The average Bonchev–Trinajstić information content (AvgIpc) is 2.46. The topological polar surface area (TPSA) is 76.1 Å². The van der Waals surface area contributed by atoms with Crippen LogP contribution in [0.3, 0.4) is 0 Å². The van der Waals surface area contributed by atoms with Crippen LogP contribution in [-0.4, -0.2) is 47.9 Å². The Morgan fingerprint density at radius 1 is 1.37 bits per heavy atom. The highest BCUT2D eigenvalue weighted by molar-refractivity contribution is 5.80. The van der Waals surface area contributed by atoms with Crippen molar-refractivity contribution in [2.75, 3.05) is 19.8 Å². The Hall–Kier alpha value is -2.08. The van der Waals surface area contributed by atoms with Crippen LogP contribution < -0.4 is 0 Å². The molecule has 1 aliphatic rings. The Balaban J connectivity index is 1.93. The molecule has 0 radical (unpaired) electrons. The van der Waals surface area contributed by atoms with Crippen LogP contribution in [0.4, 0.5) is 4.79 Å². The van der Waals surface area contributed by atoms with Crippen LogP contribution in [-0.2, 0) is 20.9 Å². The molecule has 1 aliphatic heterocycles. The number of amides is 1.